The van der Waals surface area contributed by atoms with E-state index >= 15 is 0 Å². The van der Waals surface area contributed by atoms with E-state index in [4.69, 9.17) is 4.74 Å². The number of amides is 1. The minimum absolute atomic E-state index is 0.0683. The van der Waals surface area contributed by atoms with E-state index in [2.05, 4.69) is 48.2 Å². The number of ether oxygens (including phenoxy) is 1. The Labute approximate surface area is 172 Å². The van der Waals surface area contributed by atoms with E-state index < -0.39 is 0 Å². The van der Waals surface area contributed by atoms with Gasteiger partial charge in [0.1, 0.15) is 12.4 Å². The maximum Gasteiger partial charge on any atom is 0.254 e. The molecule has 0 saturated carbocycles. The lowest BCUT2D eigenvalue weighted by atomic mass is 10.1. The first kappa shape index (κ1) is 19.1. The van der Waals surface area contributed by atoms with Crippen LogP contribution in [0.5, 0.6) is 5.75 Å². The van der Waals surface area contributed by atoms with Crippen molar-refractivity contribution < 1.29 is 9.53 Å². The van der Waals surface area contributed by atoms with Gasteiger partial charge in [0.2, 0.25) is 0 Å². The van der Waals surface area contributed by atoms with Crippen molar-refractivity contribution in [1.82, 2.24) is 4.90 Å². The van der Waals surface area contributed by atoms with Crippen LogP contribution in [0.3, 0.4) is 0 Å². The monoisotopic (exact) mass is 386 g/mol. The molecule has 0 N–H and O–H groups in total. The molecule has 1 aliphatic rings. The number of carbonyl (C=O) groups is 1. The van der Waals surface area contributed by atoms with E-state index in [9.17, 15) is 4.79 Å². The summed E-state index contributed by atoms with van der Waals surface area (Å²) in [4.78, 5) is 17.2. The molecule has 1 saturated heterocycles. The van der Waals surface area contributed by atoms with Crippen LogP contribution in [0.4, 0.5) is 5.69 Å². The molecule has 4 nitrogen and oxygen atoms in total. The summed E-state index contributed by atoms with van der Waals surface area (Å²) in [5.41, 5.74) is 4.23. The molecule has 0 unspecified atom stereocenters. The molecular weight excluding hydrogens is 360 g/mol. The van der Waals surface area contributed by atoms with Crippen LogP contribution >= 0.6 is 0 Å². The fourth-order valence-electron chi connectivity index (χ4n) is 3.68. The molecule has 0 spiro atoms. The highest BCUT2D eigenvalue weighted by molar-refractivity contribution is 5.94. The topological polar surface area (TPSA) is 32.8 Å². The molecule has 3 aromatic rings. The summed E-state index contributed by atoms with van der Waals surface area (Å²) in [6.07, 6.45) is 0. The van der Waals surface area contributed by atoms with Gasteiger partial charge in [-0.2, -0.15) is 0 Å². The molecule has 4 heteroatoms. The number of para-hydroxylation sites is 1. The molecule has 1 amide bonds. The van der Waals surface area contributed by atoms with Crippen molar-refractivity contribution in [1.29, 1.82) is 0 Å². The quantitative estimate of drug-likeness (QED) is 0.646. The van der Waals surface area contributed by atoms with Crippen molar-refractivity contribution in [3.63, 3.8) is 0 Å². The van der Waals surface area contributed by atoms with E-state index in [0.29, 0.717) is 12.2 Å². The van der Waals surface area contributed by atoms with E-state index in [0.717, 1.165) is 37.5 Å². The standard InChI is InChI=1S/C25H26N2O2/c1-20-7-5-8-21(17-20)19-29-24-12-6-9-22(18-24)25(28)27-15-13-26(14-16-27)23-10-3-2-4-11-23/h2-12,17-18H,13-16,19H2,1H3. The van der Waals surface area contributed by atoms with Gasteiger partial charge in [-0.05, 0) is 42.8 Å². The zero-order valence-electron chi connectivity index (χ0n) is 16.8. The van der Waals surface area contributed by atoms with Crippen molar-refractivity contribution in [2.24, 2.45) is 0 Å². The Morgan fingerprint density at radius 1 is 0.862 bits per heavy atom. The van der Waals surface area contributed by atoms with Crippen molar-refractivity contribution in [2.75, 3.05) is 31.1 Å². The molecule has 1 aliphatic heterocycles. The third-order valence-corrected chi connectivity index (χ3v) is 5.26. The van der Waals surface area contributed by atoms with Crippen LogP contribution in [0.25, 0.3) is 0 Å². The zero-order chi connectivity index (χ0) is 20.1. The third-order valence-electron chi connectivity index (χ3n) is 5.26. The van der Waals surface area contributed by atoms with Crippen molar-refractivity contribution in [3.05, 3.63) is 95.6 Å². The minimum Gasteiger partial charge on any atom is -0.489 e. The molecule has 0 aromatic heterocycles. The Bertz CT molecular complexity index is 963. The zero-order valence-corrected chi connectivity index (χ0v) is 16.8. The highest BCUT2D eigenvalue weighted by Crippen LogP contribution is 2.20. The first-order valence-corrected chi connectivity index (χ1v) is 10.1. The second-order valence-electron chi connectivity index (χ2n) is 7.42. The summed E-state index contributed by atoms with van der Waals surface area (Å²) in [6, 6.07) is 26.1. The Balaban J connectivity index is 1.36. The number of benzene rings is 3. The van der Waals surface area contributed by atoms with E-state index in [1.807, 2.05) is 47.4 Å². The summed E-state index contributed by atoms with van der Waals surface area (Å²) in [5.74, 6) is 0.791. The number of carbonyl (C=O) groups excluding carboxylic acids is 1. The second-order valence-corrected chi connectivity index (χ2v) is 7.42. The SMILES string of the molecule is Cc1cccc(COc2cccc(C(=O)N3CCN(c4ccccc4)CC3)c2)c1. The van der Waals surface area contributed by atoms with Crippen LogP contribution < -0.4 is 9.64 Å². The number of rotatable bonds is 5. The number of hydrogen-bond donors (Lipinski definition) is 0. The lowest BCUT2D eigenvalue weighted by molar-refractivity contribution is 0.0746. The molecule has 148 valence electrons. The molecule has 0 radical (unpaired) electrons. The highest BCUT2D eigenvalue weighted by Gasteiger charge is 2.22. The number of hydrogen-bond acceptors (Lipinski definition) is 3. The number of anilines is 1. The predicted molar refractivity (Wildman–Crippen MR) is 117 cm³/mol. The summed E-state index contributed by atoms with van der Waals surface area (Å²) in [6.45, 7) is 5.71. The number of piperazine rings is 1. The van der Waals surface area contributed by atoms with E-state index in [-0.39, 0.29) is 5.91 Å². The highest BCUT2D eigenvalue weighted by atomic mass is 16.5. The lowest BCUT2D eigenvalue weighted by Crippen LogP contribution is -2.48. The Kier molecular flexibility index (Phi) is 5.80. The molecule has 29 heavy (non-hydrogen) atoms. The minimum atomic E-state index is 0.0683. The van der Waals surface area contributed by atoms with Crippen molar-refractivity contribution in [2.45, 2.75) is 13.5 Å². The number of nitrogens with zero attached hydrogens (tertiary/aromatic N) is 2. The van der Waals surface area contributed by atoms with Gasteiger partial charge in [-0.15, -0.1) is 0 Å². The van der Waals surface area contributed by atoms with Gasteiger partial charge in [0.15, 0.2) is 0 Å². The van der Waals surface area contributed by atoms with Gasteiger partial charge >= 0.3 is 0 Å². The number of aryl methyl sites for hydroxylation is 1. The first-order chi connectivity index (χ1) is 14.2. The van der Waals surface area contributed by atoms with Crippen LogP contribution in [-0.2, 0) is 6.61 Å². The summed E-state index contributed by atoms with van der Waals surface area (Å²) >= 11 is 0. The first-order valence-electron chi connectivity index (χ1n) is 10.1. The Hall–Kier alpha value is -3.27. The fraction of sp³-hybridized carbons (Fsp3) is 0.240. The predicted octanol–water partition coefficient (Wildman–Crippen LogP) is 4.54. The largest absolute Gasteiger partial charge is 0.489 e. The fourth-order valence-corrected chi connectivity index (χ4v) is 3.68. The smallest absolute Gasteiger partial charge is 0.254 e. The molecule has 1 heterocycles. The van der Waals surface area contributed by atoms with E-state index in [1.54, 1.807) is 0 Å². The van der Waals surface area contributed by atoms with Crippen LogP contribution in [0.1, 0.15) is 21.5 Å². The van der Waals surface area contributed by atoms with Crippen molar-refractivity contribution in [3.8, 4) is 5.75 Å². The normalized spacial score (nSPS) is 14.0. The lowest BCUT2D eigenvalue weighted by Gasteiger charge is -2.36. The molecule has 1 fully saturated rings. The summed E-state index contributed by atoms with van der Waals surface area (Å²) < 4.78 is 5.92. The average Bonchev–Trinajstić information content (AvgIpc) is 2.78. The second kappa shape index (κ2) is 8.82. The van der Waals surface area contributed by atoms with E-state index in [1.165, 1.54) is 11.3 Å². The Morgan fingerprint density at radius 2 is 1.62 bits per heavy atom. The van der Waals surface area contributed by atoms with Crippen molar-refractivity contribution >= 4 is 11.6 Å². The van der Waals surface area contributed by atoms with Gasteiger partial charge in [0.05, 0.1) is 0 Å². The van der Waals surface area contributed by atoms with Crippen LogP contribution in [0.15, 0.2) is 78.9 Å². The molecule has 4 rings (SSSR count). The van der Waals surface area contributed by atoms with Gasteiger partial charge in [0.25, 0.3) is 5.91 Å². The summed E-state index contributed by atoms with van der Waals surface area (Å²) in [5, 5.41) is 0. The molecule has 0 atom stereocenters. The van der Waals surface area contributed by atoms with Gasteiger partial charge in [-0.25, -0.2) is 0 Å². The molecule has 0 aliphatic carbocycles. The third kappa shape index (κ3) is 4.77. The van der Waals surface area contributed by atoms with Gasteiger partial charge in [0, 0.05) is 37.4 Å². The van der Waals surface area contributed by atoms with Gasteiger partial charge < -0.3 is 14.5 Å². The molecule has 3 aromatic carbocycles. The maximum absolute atomic E-state index is 13.0. The van der Waals surface area contributed by atoms with Gasteiger partial charge in [-0.1, -0.05) is 54.1 Å². The summed E-state index contributed by atoms with van der Waals surface area (Å²) in [7, 11) is 0. The molecular formula is C25H26N2O2. The van der Waals surface area contributed by atoms with Crippen LogP contribution in [-0.4, -0.2) is 37.0 Å². The maximum atomic E-state index is 13.0. The van der Waals surface area contributed by atoms with Crippen LogP contribution in [0, 0.1) is 6.92 Å². The average molecular weight is 386 g/mol. The van der Waals surface area contributed by atoms with Gasteiger partial charge in [-0.3, -0.25) is 4.79 Å². The molecule has 0 bridgehead atoms. The van der Waals surface area contributed by atoms with Crippen LogP contribution in [0.2, 0.25) is 0 Å². The Morgan fingerprint density at radius 3 is 2.38 bits per heavy atom.